The molecule has 1 aliphatic rings. The summed E-state index contributed by atoms with van der Waals surface area (Å²) in [7, 11) is 0. The number of carbonyl (C=O) groups excluding carboxylic acids is 1. The summed E-state index contributed by atoms with van der Waals surface area (Å²) in [5, 5.41) is 10.7. The van der Waals surface area contributed by atoms with E-state index in [4.69, 9.17) is 9.84 Å². The molecule has 0 bridgehead atoms. The summed E-state index contributed by atoms with van der Waals surface area (Å²) in [4.78, 5) is 20.4. The SMILES string of the molecule is O=C[C@@H]1CC[C@@H](NC(=O)O)CO1. The predicted molar refractivity (Wildman–Crippen MR) is 40.0 cm³/mol. The average Bonchev–Trinajstić information content (AvgIpc) is 2.05. The van der Waals surface area contributed by atoms with Gasteiger partial charge in [0, 0.05) is 0 Å². The maximum atomic E-state index is 10.2. The molecule has 2 N–H and O–H groups in total. The van der Waals surface area contributed by atoms with Gasteiger partial charge in [-0.3, -0.25) is 0 Å². The number of carbonyl (C=O) groups is 2. The first-order valence-electron chi connectivity index (χ1n) is 3.78. The van der Waals surface area contributed by atoms with Gasteiger partial charge in [0.15, 0.2) is 0 Å². The minimum Gasteiger partial charge on any atom is -0.465 e. The van der Waals surface area contributed by atoms with Gasteiger partial charge in [-0.25, -0.2) is 4.79 Å². The molecular formula is C7H11NO4. The first-order chi connectivity index (χ1) is 5.72. The van der Waals surface area contributed by atoms with Crippen LogP contribution in [0, 0.1) is 0 Å². The second kappa shape index (κ2) is 4.06. The summed E-state index contributed by atoms with van der Waals surface area (Å²) in [6, 6.07) is -0.168. The lowest BCUT2D eigenvalue weighted by Crippen LogP contribution is -2.42. The van der Waals surface area contributed by atoms with E-state index in [-0.39, 0.29) is 18.8 Å². The summed E-state index contributed by atoms with van der Waals surface area (Å²) in [5.74, 6) is 0. The third-order valence-electron chi connectivity index (χ3n) is 1.79. The molecular weight excluding hydrogens is 162 g/mol. The van der Waals surface area contributed by atoms with Gasteiger partial charge in [0.1, 0.15) is 12.4 Å². The van der Waals surface area contributed by atoms with Gasteiger partial charge in [-0.2, -0.15) is 0 Å². The lowest BCUT2D eigenvalue weighted by atomic mass is 10.1. The van der Waals surface area contributed by atoms with Crippen LogP contribution in [0.3, 0.4) is 0 Å². The van der Waals surface area contributed by atoms with Crippen molar-refractivity contribution in [1.29, 1.82) is 0 Å². The number of rotatable bonds is 2. The first-order valence-corrected chi connectivity index (χ1v) is 3.78. The quantitative estimate of drug-likeness (QED) is 0.576. The van der Waals surface area contributed by atoms with Crippen molar-refractivity contribution < 1.29 is 19.4 Å². The molecule has 1 fully saturated rings. The van der Waals surface area contributed by atoms with Crippen LogP contribution in [-0.4, -0.2) is 36.2 Å². The lowest BCUT2D eigenvalue weighted by Gasteiger charge is -2.25. The summed E-state index contributed by atoms with van der Waals surface area (Å²) in [6.07, 6.45) is 0.603. The number of nitrogens with one attached hydrogen (secondary N) is 1. The third-order valence-corrected chi connectivity index (χ3v) is 1.79. The molecule has 0 aromatic carbocycles. The Kier molecular flexibility index (Phi) is 3.04. The van der Waals surface area contributed by atoms with E-state index in [0.717, 1.165) is 6.29 Å². The van der Waals surface area contributed by atoms with Crippen molar-refractivity contribution in [2.45, 2.75) is 25.0 Å². The molecule has 0 saturated carbocycles. The Morgan fingerprint density at radius 2 is 2.33 bits per heavy atom. The highest BCUT2D eigenvalue weighted by Gasteiger charge is 2.21. The zero-order valence-electron chi connectivity index (χ0n) is 6.53. The second-order valence-electron chi connectivity index (χ2n) is 2.73. The molecule has 68 valence electrons. The molecule has 2 atom stereocenters. The van der Waals surface area contributed by atoms with Crippen LogP contribution in [0.25, 0.3) is 0 Å². The smallest absolute Gasteiger partial charge is 0.404 e. The van der Waals surface area contributed by atoms with Crippen molar-refractivity contribution in [1.82, 2.24) is 5.32 Å². The minimum absolute atomic E-state index is 0.168. The highest BCUT2D eigenvalue weighted by Crippen LogP contribution is 2.11. The largest absolute Gasteiger partial charge is 0.465 e. The maximum absolute atomic E-state index is 10.2. The number of ether oxygens (including phenoxy) is 1. The highest BCUT2D eigenvalue weighted by molar-refractivity contribution is 5.65. The van der Waals surface area contributed by atoms with Gasteiger partial charge in [-0.15, -0.1) is 0 Å². The van der Waals surface area contributed by atoms with Gasteiger partial charge in [-0.1, -0.05) is 0 Å². The van der Waals surface area contributed by atoms with Gasteiger partial charge in [0.05, 0.1) is 12.6 Å². The molecule has 5 heteroatoms. The van der Waals surface area contributed by atoms with Crippen LogP contribution in [0.4, 0.5) is 4.79 Å². The van der Waals surface area contributed by atoms with E-state index >= 15 is 0 Å². The van der Waals surface area contributed by atoms with Crippen LogP contribution < -0.4 is 5.32 Å². The number of hydrogen-bond acceptors (Lipinski definition) is 3. The molecule has 0 aromatic rings. The van der Waals surface area contributed by atoms with Crippen LogP contribution in [0.15, 0.2) is 0 Å². The first kappa shape index (κ1) is 8.99. The van der Waals surface area contributed by atoms with Gasteiger partial charge in [0.25, 0.3) is 0 Å². The molecule has 1 rings (SSSR count). The average molecular weight is 173 g/mol. The molecule has 0 radical (unpaired) electrons. The topological polar surface area (TPSA) is 75.6 Å². The van der Waals surface area contributed by atoms with Crippen LogP contribution in [-0.2, 0) is 9.53 Å². The Morgan fingerprint density at radius 1 is 1.58 bits per heavy atom. The minimum atomic E-state index is -1.05. The molecule has 1 heterocycles. The molecule has 0 aliphatic carbocycles. The Morgan fingerprint density at radius 3 is 2.75 bits per heavy atom. The summed E-state index contributed by atoms with van der Waals surface area (Å²) < 4.78 is 5.05. The molecule has 0 unspecified atom stereocenters. The summed E-state index contributed by atoms with van der Waals surface area (Å²) in [6.45, 7) is 0.287. The van der Waals surface area contributed by atoms with E-state index in [1.165, 1.54) is 0 Å². The van der Waals surface area contributed by atoms with Crippen molar-refractivity contribution in [3.05, 3.63) is 0 Å². The maximum Gasteiger partial charge on any atom is 0.404 e. The zero-order valence-corrected chi connectivity index (χ0v) is 6.53. The fourth-order valence-electron chi connectivity index (χ4n) is 1.17. The Balaban J connectivity index is 2.26. The van der Waals surface area contributed by atoms with Crippen molar-refractivity contribution in [2.75, 3.05) is 6.61 Å². The third kappa shape index (κ3) is 2.50. The van der Waals surface area contributed by atoms with E-state index in [2.05, 4.69) is 5.32 Å². The van der Waals surface area contributed by atoms with Crippen LogP contribution in [0.1, 0.15) is 12.8 Å². The van der Waals surface area contributed by atoms with Crippen LogP contribution >= 0.6 is 0 Å². The second-order valence-corrected chi connectivity index (χ2v) is 2.73. The molecule has 1 aliphatic heterocycles. The van der Waals surface area contributed by atoms with Gasteiger partial charge in [0.2, 0.25) is 0 Å². The summed E-state index contributed by atoms with van der Waals surface area (Å²) >= 11 is 0. The highest BCUT2D eigenvalue weighted by atomic mass is 16.5. The van der Waals surface area contributed by atoms with E-state index in [1.54, 1.807) is 0 Å². The Labute approximate surface area is 69.7 Å². The van der Waals surface area contributed by atoms with E-state index in [1.807, 2.05) is 0 Å². The fourth-order valence-corrected chi connectivity index (χ4v) is 1.17. The number of carboxylic acid groups (broad SMARTS) is 1. The van der Waals surface area contributed by atoms with Crippen molar-refractivity contribution in [3.8, 4) is 0 Å². The van der Waals surface area contributed by atoms with E-state index < -0.39 is 6.09 Å². The van der Waals surface area contributed by atoms with E-state index in [9.17, 15) is 9.59 Å². The van der Waals surface area contributed by atoms with Crippen LogP contribution in [0.5, 0.6) is 0 Å². The molecule has 12 heavy (non-hydrogen) atoms. The Hall–Kier alpha value is -1.10. The van der Waals surface area contributed by atoms with Gasteiger partial charge in [-0.05, 0) is 12.8 Å². The molecule has 0 spiro atoms. The zero-order chi connectivity index (χ0) is 8.97. The monoisotopic (exact) mass is 173 g/mol. The molecule has 1 amide bonds. The van der Waals surface area contributed by atoms with Crippen molar-refractivity contribution in [2.24, 2.45) is 0 Å². The normalized spacial score (nSPS) is 29.3. The lowest BCUT2D eigenvalue weighted by molar-refractivity contribution is -0.121. The number of aldehydes is 1. The predicted octanol–water partition coefficient (Wildman–Crippen LogP) is 0.000500. The molecule has 0 aromatic heterocycles. The standard InChI is InChI=1S/C7H11NO4/c9-3-6-2-1-5(4-12-6)8-7(10)11/h3,5-6,8H,1-2,4H2,(H,10,11)/t5-,6+/m1/s1. The van der Waals surface area contributed by atoms with Crippen molar-refractivity contribution >= 4 is 12.4 Å². The number of amides is 1. The molecule has 5 nitrogen and oxygen atoms in total. The van der Waals surface area contributed by atoms with Gasteiger partial charge < -0.3 is 20.0 Å². The summed E-state index contributed by atoms with van der Waals surface area (Å²) in [5.41, 5.74) is 0. The Bertz CT molecular complexity index is 174. The number of hydrogen-bond donors (Lipinski definition) is 2. The van der Waals surface area contributed by atoms with Crippen molar-refractivity contribution in [3.63, 3.8) is 0 Å². The molecule has 1 saturated heterocycles. The van der Waals surface area contributed by atoms with E-state index in [0.29, 0.717) is 12.8 Å². The fraction of sp³-hybridized carbons (Fsp3) is 0.714. The van der Waals surface area contributed by atoms with Crippen LogP contribution in [0.2, 0.25) is 0 Å². The van der Waals surface area contributed by atoms with Gasteiger partial charge >= 0.3 is 6.09 Å².